The number of aromatic amines is 1. The molecule has 5 N–H and O–H groups in total. The zero-order chi connectivity index (χ0) is 44.1. The third kappa shape index (κ3) is 8.87. The summed E-state index contributed by atoms with van der Waals surface area (Å²) in [4.78, 5) is 52.7. The molecule has 1 saturated heterocycles. The first kappa shape index (κ1) is 42.7. The van der Waals surface area contributed by atoms with Gasteiger partial charge in [-0.1, -0.05) is 31.2 Å². The number of piperidine rings is 1. The number of hydrogen-bond acceptors (Lipinski definition) is 12. The summed E-state index contributed by atoms with van der Waals surface area (Å²) in [6.07, 6.45) is 3.95. The molecule has 0 saturated carbocycles. The molecule has 1 fully saturated rings. The van der Waals surface area contributed by atoms with Gasteiger partial charge >= 0.3 is 5.69 Å². The Morgan fingerprint density at radius 2 is 1.74 bits per heavy atom. The van der Waals surface area contributed by atoms with Crippen molar-refractivity contribution in [3.8, 4) is 34.3 Å². The highest BCUT2D eigenvalue weighted by Crippen LogP contribution is 2.37. The molecule has 62 heavy (non-hydrogen) atoms. The van der Waals surface area contributed by atoms with Gasteiger partial charge in [0, 0.05) is 68.7 Å². The van der Waals surface area contributed by atoms with E-state index in [1.807, 2.05) is 75.2 Å². The van der Waals surface area contributed by atoms with Crippen LogP contribution in [0.5, 0.6) is 17.2 Å². The number of carbonyl (C=O) groups excluding carboxylic acids is 2. The van der Waals surface area contributed by atoms with E-state index in [0.717, 1.165) is 21.5 Å². The van der Waals surface area contributed by atoms with Gasteiger partial charge in [0.15, 0.2) is 11.6 Å². The Bertz CT molecular complexity index is 2660. The Hall–Kier alpha value is -7.43. The fraction of sp³-hybridized carbons (Fsp3) is 0.289. The number of hydrogen-bond donors (Lipinski definition) is 5. The Balaban J connectivity index is 0.989. The molecular weight excluding hydrogens is 796 g/mol. The summed E-state index contributed by atoms with van der Waals surface area (Å²) in [5.41, 5.74) is 4.60. The van der Waals surface area contributed by atoms with Crippen LogP contribution in [0.3, 0.4) is 0 Å². The average molecular weight is 845 g/mol. The molecular formula is C45H49FN10O6. The lowest BCUT2D eigenvalue weighted by molar-refractivity contribution is -0.125. The van der Waals surface area contributed by atoms with Crippen LogP contribution in [0.4, 0.5) is 38.9 Å². The second-order valence-corrected chi connectivity index (χ2v) is 15.0. The van der Waals surface area contributed by atoms with Gasteiger partial charge in [-0.25, -0.2) is 23.8 Å². The zero-order valence-electron chi connectivity index (χ0n) is 35.1. The molecule has 1 aliphatic heterocycles. The molecule has 7 rings (SSSR count). The lowest BCUT2D eigenvalue weighted by Crippen LogP contribution is -2.40. The molecule has 0 spiro atoms. The van der Waals surface area contributed by atoms with Gasteiger partial charge < -0.3 is 40.3 Å². The molecule has 0 aliphatic carbocycles. The van der Waals surface area contributed by atoms with E-state index in [2.05, 4.69) is 30.7 Å². The molecule has 2 amide bonds. The Morgan fingerprint density at radius 1 is 0.984 bits per heavy atom. The lowest BCUT2D eigenvalue weighted by Gasteiger charge is -2.33. The number of nitrogens with one attached hydrogen (secondary N) is 3. The van der Waals surface area contributed by atoms with E-state index in [4.69, 9.17) is 9.72 Å². The first-order valence-electron chi connectivity index (χ1n) is 20.3. The predicted octanol–water partition coefficient (Wildman–Crippen LogP) is 6.47. The largest absolute Gasteiger partial charge is 0.508 e. The number of phenolic OH excluding ortho intramolecular Hbond substituents is 2. The third-order valence-corrected chi connectivity index (χ3v) is 11.1. The van der Waals surface area contributed by atoms with Crippen molar-refractivity contribution in [2.45, 2.75) is 46.6 Å². The van der Waals surface area contributed by atoms with Gasteiger partial charge in [-0.3, -0.25) is 9.59 Å². The number of H-pyrrole nitrogens is 1. The van der Waals surface area contributed by atoms with Gasteiger partial charge in [-0.05, 0) is 80.6 Å². The fourth-order valence-corrected chi connectivity index (χ4v) is 7.59. The maximum atomic E-state index is 15.5. The van der Waals surface area contributed by atoms with Crippen molar-refractivity contribution in [3.63, 3.8) is 0 Å². The number of nitrogens with zero attached hydrogens (tertiary/aromatic N) is 7. The molecule has 17 heteroatoms. The van der Waals surface area contributed by atoms with Crippen molar-refractivity contribution in [1.82, 2.24) is 30.0 Å². The third-order valence-electron chi connectivity index (χ3n) is 11.1. The van der Waals surface area contributed by atoms with Crippen molar-refractivity contribution >= 4 is 46.8 Å². The van der Waals surface area contributed by atoms with E-state index in [9.17, 15) is 24.6 Å². The van der Waals surface area contributed by atoms with E-state index in [1.54, 1.807) is 19.3 Å². The normalized spacial score (nSPS) is 12.8. The Kier molecular flexibility index (Phi) is 12.7. The van der Waals surface area contributed by atoms with Crippen LogP contribution in [0.25, 0.3) is 17.1 Å². The number of phenols is 2. The zero-order valence-corrected chi connectivity index (χ0v) is 35.1. The maximum Gasteiger partial charge on any atom is 0.348 e. The monoisotopic (exact) mass is 844 g/mol. The summed E-state index contributed by atoms with van der Waals surface area (Å²) in [5, 5.41) is 33.3. The van der Waals surface area contributed by atoms with Gasteiger partial charge in [-0.15, -0.1) is 0 Å². The molecule has 1 aliphatic rings. The van der Waals surface area contributed by atoms with Gasteiger partial charge in [0.25, 0.3) is 0 Å². The number of halogens is 1. The van der Waals surface area contributed by atoms with Crippen LogP contribution >= 0.6 is 0 Å². The predicted molar refractivity (Wildman–Crippen MR) is 236 cm³/mol. The van der Waals surface area contributed by atoms with Crippen LogP contribution in [0.15, 0.2) is 83.8 Å². The van der Waals surface area contributed by atoms with Crippen LogP contribution in [0, 0.1) is 18.7 Å². The van der Waals surface area contributed by atoms with Crippen LogP contribution in [0.1, 0.15) is 43.4 Å². The summed E-state index contributed by atoms with van der Waals surface area (Å²) in [5.74, 6) is 0.0452. The van der Waals surface area contributed by atoms with Crippen molar-refractivity contribution < 1.29 is 28.9 Å². The first-order valence-corrected chi connectivity index (χ1v) is 20.3. The van der Waals surface area contributed by atoms with Gasteiger partial charge in [-0.2, -0.15) is 10.1 Å². The molecule has 6 aromatic rings. The molecule has 0 unspecified atom stereocenters. The average Bonchev–Trinajstić information content (AvgIpc) is 3.66. The highest BCUT2D eigenvalue weighted by molar-refractivity contribution is 5.84. The van der Waals surface area contributed by atoms with E-state index >= 15 is 4.39 Å². The highest BCUT2D eigenvalue weighted by Gasteiger charge is 2.27. The minimum Gasteiger partial charge on any atom is -0.508 e. The Labute approximate surface area is 357 Å². The number of carbonyl (C=O) groups is 2. The van der Waals surface area contributed by atoms with E-state index in [0.29, 0.717) is 79.8 Å². The number of ether oxygens (including phenoxy) is 1. The van der Waals surface area contributed by atoms with Crippen molar-refractivity contribution in [2.75, 3.05) is 53.8 Å². The molecule has 4 aromatic carbocycles. The summed E-state index contributed by atoms with van der Waals surface area (Å²) in [6.45, 7) is 7.34. The van der Waals surface area contributed by atoms with Gasteiger partial charge in [0.1, 0.15) is 28.8 Å². The highest BCUT2D eigenvalue weighted by atomic mass is 19.1. The summed E-state index contributed by atoms with van der Waals surface area (Å²) < 4.78 is 22.7. The SMILES string of the molecule is CCOc1cc(N2CCC(C(=O)NCc3ccc(-n4c(-c5cc(CC)c(O)cc5O)n[nH]c4=O)cc3F)CC2)ccc1Nc1ncc(N(C)C=O)c(N(C)c2ccccc2C)n1. The first-order chi connectivity index (χ1) is 29.9. The number of rotatable bonds is 15. The van der Waals surface area contributed by atoms with Crippen molar-refractivity contribution in [2.24, 2.45) is 5.92 Å². The van der Waals surface area contributed by atoms with Crippen LogP contribution in [0.2, 0.25) is 0 Å². The van der Waals surface area contributed by atoms with E-state index in [-0.39, 0.29) is 52.5 Å². The van der Waals surface area contributed by atoms with Crippen LogP contribution in [-0.2, 0) is 22.6 Å². The second kappa shape index (κ2) is 18.5. The number of amides is 2. The fourth-order valence-electron chi connectivity index (χ4n) is 7.59. The minimum atomic E-state index is -0.642. The number of benzene rings is 4. The number of anilines is 6. The molecule has 322 valence electrons. The molecule has 2 aromatic heterocycles. The summed E-state index contributed by atoms with van der Waals surface area (Å²) in [7, 11) is 3.54. The minimum absolute atomic E-state index is 0.0486. The summed E-state index contributed by atoms with van der Waals surface area (Å²) >= 11 is 0. The summed E-state index contributed by atoms with van der Waals surface area (Å²) in [6, 6.07) is 20.7. The number of aryl methyl sites for hydroxylation is 2. The van der Waals surface area contributed by atoms with Gasteiger partial charge in [0.2, 0.25) is 18.3 Å². The second-order valence-electron chi connectivity index (χ2n) is 15.0. The number of aromatic hydroxyl groups is 2. The molecule has 3 heterocycles. The van der Waals surface area contributed by atoms with Crippen LogP contribution in [-0.4, -0.2) is 81.1 Å². The molecule has 0 radical (unpaired) electrons. The molecule has 16 nitrogen and oxygen atoms in total. The number of aromatic nitrogens is 5. The standard InChI is InChI=1S/C45H49FN10O6/c1-6-28-20-33(39(59)23-38(28)58)41-51-52-45(61)56(41)32-13-12-30(34(46)21-32)24-47-43(60)29-16-18-55(19-17-29)31-14-15-35(40(22-31)62-7-2)49-44-48-25-37(53(4)26-57)42(50-44)54(5)36-11-9-8-10-27(36)3/h8-15,20-23,25-26,29,58-59H,6-7,16-19,24H2,1-5H3,(H,47,60)(H,52,61)(H,48,49,50). The number of para-hydroxylation sites is 1. The van der Waals surface area contributed by atoms with E-state index < -0.39 is 11.5 Å². The Morgan fingerprint density at radius 3 is 2.45 bits per heavy atom. The maximum absolute atomic E-state index is 15.5. The van der Waals surface area contributed by atoms with Crippen molar-refractivity contribution in [3.05, 3.63) is 112 Å². The van der Waals surface area contributed by atoms with Gasteiger partial charge in [0.05, 0.1) is 29.7 Å². The van der Waals surface area contributed by atoms with Crippen molar-refractivity contribution in [1.29, 1.82) is 0 Å². The lowest BCUT2D eigenvalue weighted by atomic mass is 9.95. The molecule has 0 atom stereocenters. The topological polar surface area (TPSA) is 194 Å². The van der Waals surface area contributed by atoms with Crippen LogP contribution < -0.4 is 35.8 Å². The molecule has 0 bridgehead atoms. The quantitative estimate of drug-likeness (QED) is 0.0709. The van der Waals surface area contributed by atoms with E-state index in [1.165, 1.54) is 29.2 Å². The smallest absolute Gasteiger partial charge is 0.348 e.